The molecule has 0 bridgehead atoms. The number of nitrogens with two attached hydrogens (primary N) is 1. The van der Waals surface area contributed by atoms with Gasteiger partial charge in [0, 0.05) is 5.56 Å². The summed E-state index contributed by atoms with van der Waals surface area (Å²) in [7, 11) is 0. The first-order valence-corrected chi connectivity index (χ1v) is 6.23. The van der Waals surface area contributed by atoms with Crippen molar-refractivity contribution in [2.24, 2.45) is 0 Å². The second kappa shape index (κ2) is 4.47. The van der Waals surface area contributed by atoms with E-state index < -0.39 is 0 Å². The Labute approximate surface area is 113 Å². The minimum Gasteiger partial charge on any atom is -0.447 e. The molecule has 0 saturated heterocycles. The van der Waals surface area contributed by atoms with Crippen LogP contribution in [0, 0.1) is 18.3 Å². The van der Waals surface area contributed by atoms with Gasteiger partial charge in [0.05, 0.1) is 0 Å². The largest absolute Gasteiger partial charge is 0.447 e. The molecule has 1 heterocycles. The molecule has 2 rings (SSSR count). The number of anilines is 1. The van der Waals surface area contributed by atoms with E-state index in [4.69, 9.17) is 15.4 Å². The molecule has 0 fully saturated rings. The van der Waals surface area contributed by atoms with Crippen LogP contribution in [0.15, 0.2) is 28.9 Å². The molecule has 0 spiro atoms. The SMILES string of the molecule is Cc1cc(C(C)(C)C)ccc1-c1coc(N)c1C#N. The molecule has 0 aliphatic carbocycles. The van der Waals surface area contributed by atoms with Crippen LogP contribution < -0.4 is 5.73 Å². The van der Waals surface area contributed by atoms with Gasteiger partial charge in [-0.05, 0) is 29.0 Å². The number of nitrogen functional groups attached to an aromatic ring is 1. The van der Waals surface area contributed by atoms with Crippen molar-refractivity contribution in [3.63, 3.8) is 0 Å². The van der Waals surface area contributed by atoms with Gasteiger partial charge >= 0.3 is 0 Å². The fourth-order valence-corrected chi connectivity index (χ4v) is 2.12. The van der Waals surface area contributed by atoms with Crippen LogP contribution in [-0.2, 0) is 5.41 Å². The topological polar surface area (TPSA) is 62.9 Å². The summed E-state index contributed by atoms with van der Waals surface area (Å²) in [5.41, 5.74) is 10.3. The molecule has 0 aliphatic heterocycles. The normalized spacial score (nSPS) is 11.3. The van der Waals surface area contributed by atoms with Crippen LogP contribution >= 0.6 is 0 Å². The van der Waals surface area contributed by atoms with E-state index in [1.807, 2.05) is 13.0 Å². The molecule has 0 amide bonds. The third-order valence-corrected chi connectivity index (χ3v) is 3.31. The molecule has 0 unspecified atom stereocenters. The molecule has 1 aromatic heterocycles. The number of hydrogen-bond donors (Lipinski definition) is 1. The van der Waals surface area contributed by atoms with E-state index in [0.29, 0.717) is 5.56 Å². The Hall–Kier alpha value is -2.21. The van der Waals surface area contributed by atoms with Crippen molar-refractivity contribution < 1.29 is 4.42 Å². The molecular weight excluding hydrogens is 236 g/mol. The highest BCUT2D eigenvalue weighted by molar-refractivity contribution is 5.76. The van der Waals surface area contributed by atoms with Gasteiger partial charge in [-0.15, -0.1) is 0 Å². The van der Waals surface area contributed by atoms with E-state index in [2.05, 4.69) is 39.0 Å². The van der Waals surface area contributed by atoms with Crippen molar-refractivity contribution in [1.29, 1.82) is 5.26 Å². The lowest BCUT2D eigenvalue weighted by Crippen LogP contribution is -2.11. The monoisotopic (exact) mass is 254 g/mol. The third kappa shape index (κ3) is 2.34. The summed E-state index contributed by atoms with van der Waals surface area (Å²) in [6.07, 6.45) is 1.55. The lowest BCUT2D eigenvalue weighted by Gasteiger charge is -2.20. The predicted octanol–water partition coefficient (Wildman–Crippen LogP) is 4.01. The van der Waals surface area contributed by atoms with Gasteiger partial charge in [-0.1, -0.05) is 39.0 Å². The molecular formula is C16H18N2O. The van der Waals surface area contributed by atoms with Crippen LogP contribution in [-0.4, -0.2) is 0 Å². The van der Waals surface area contributed by atoms with Crippen LogP contribution in [0.25, 0.3) is 11.1 Å². The highest BCUT2D eigenvalue weighted by Crippen LogP contribution is 2.33. The molecule has 2 N–H and O–H groups in total. The van der Waals surface area contributed by atoms with Crippen LogP contribution in [0.2, 0.25) is 0 Å². The fraction of sp³-hybridized carbons (Fsp3) is 0.312. The second-order valence-corrected chi connectivity index (χ2v) is 5.78. The van der Waals surface area contributed by atoms with E-state index in [-0.39, 0.29) is 11.3 Å². The Morgan fingerprint density at radius 3 is 2.42 bits per heavy atom. The van der Waals surface area contributed by atoms with Gasteiger partial charge in [-0.25, -0.2) is 0 Å². The Morgan fingerprint density at radius 2 is 1.89 bits per heavy atom. The maximum Gasteiger partial charge on any atom is 0.208 e. The van der Waals surface area contributed by atoms with E-state index in [0.717, 1.165) is 16.7 Å². The fourth-order valence-electron chi connectivity index (χ4n) is 2.12. The summed E-state index contributed by atoms with van der Waals surface area (Å²) in [5, 5.41) is 9.13. The molecule has 2 aromatic rings. The van der Waals surface area contributed by atoms with Gasteiger partial charge in [-0.2, -0.15) is 5.26 Å². The number of nitrogens with zero attached hydrogens (tertiary/aromatic N) is 1. The molecule has 0 saturated carbocycles. The van der Waals surface area contributed by atoms with Gasteiger partial charge < -0.3 is 10.2 Å². The summed E-state index contributed by atoms with van der Waals surface area (Å²) in [6, 6.07) is 8.37. The first kappa shape index (κ1) is 13.2. The molecule has 19 heavy (non-hydrogen) atoms. The molecule has 0 radical (unpaired) electrons. The Kier molecular flexibility index (Phi) is 3.11. The number of hydrogen-bond acceptors (Lipinski definition) is 3. The van der Waals surface area contributed by atoms with E-state index in [9.17, 15) is 0 Å². The third-order valence-electron chi connectivity index (χ3n) is 3.31. The molecule has 98 valence electrons. The van der Waals surface area contributed by atoms with Gasteiger partial charge in [0.15, 0.2) is 0 Å². The van der Waals surface area contributed by atoms with Crippen molar-refractivity contribution in [2.75, 3.05) is 5.73 Å². The average molecular weight is 254 g/mol. The number of furan rings is 1. The van der Waals surface area contributed by atoms with Crippen molar-refractivity contribution in [2.45, 2.75) is 33.1 Å². The van der Waals surface area contributed by atoms with E-state index >= 15 is 0 Å². The average Bonchev–Trinajstić information content (AvgIpc) is 2.69. The maximum absolute atomic E-state index is 9.13. The minimum atomic E-state index is 0.108. The standard InChI is InChI=1S/C16H18N2O/c1-10-7-11(16(2,3)4)5-6-12(10)14-9-19-15(18)13(14)8-17/h5-7,9H,18H2,1-4H3. The van der Waals surface area contributed by atoms with Crippen LogP contribution in [0.3, 0.4) is 0 Å². The smallest absolute Gasteiger partial charge is 0.208 e. The van der Waals surface area contributed by atoms with Gasteiger partial charge in [0.1, 0.15) is 17.9 Å². The van der Waals surface area contributed by atoms with E-state index in [1.165, 1.54) is 5.56 Å². The molecule has 0 atom stereocenters. The number of nitriles is 1. The maximum atomic E-state index is 9.13. The van der Waals surface area contributed by atoms with Crippen molar-refractivity contribution in [3.8, 4) is 17.2 Å². The molecule has 0 aliphatic rings. The zero-order chi connectivity index (χ0) is 14.2. The van der Waals surface area contributed by atoms with Crippen LogP contribution in [0.5, 0.6) is 0 Å². The Morgan fingerprint density at radius 1 is 1.21 bits per heavy atom. The summed E-state index contributed by atoms with van der Waals surface area (Å²) in [5.74, 6) is 0.178. The van der Waals surface area contributed by atoms with Crippen molar-refractivity contribution >= 4 is 5.88 Å². The molecule has 3 nitrogen and oxygen atoms in total. The number of aryl methyl sites for hydroxylation is 1. The zero-order valence-corrected chi connectivity index (χ0v) is 11.7. The zero-order valence-electron chi connectivity index (χ0n) is 11.7. The summed E-state index contributed by atoms with van der Waals surface area (Å²) in [6.45, 7) is 8.57. The van der Waals surface area contributed by atoms with E-state index in [1.54, 1.807) is 6.26 Å². The lowest BCUT2D eigenvalue weighted by molar-refractivity contribution is 0.587. The van der Waals surface area contributed by atoms with Crippen molar-refractivity contribution in [1.82, 2.24) is 0 Å². The number of benzene rings is 1. The highest BCUT2D eigenvalue weighted by atomic mass is 16.3. The lowest BCUT2D eigenvalue weighted by atomic mass is 9.84. The van der Waals surface area contributed by atoms with Crippen LogP contribution in [0.4, 0.5) is 5.88 Å². The first-order valence-electron chi connectivity index (χ1n) is 6.23. The molecule has 1 aromatic carbocycles. The Bertz CT molecular complexity index is 654. The van der Waals surface area contributed by atoms with Gasteiger partial charge in [0.2, 0.25) is 5.88 Å². The molecule has 3 heteroatoms. The first-order chi connectivity index (χ1) is 8.84. The predicted molar refractivity (Wildman–Crippen MR) is 76.7 cm³/mol. The highest BCUT2D eigenvalue weighted by Gasteiger charge is 2.18. The van der Waals surface area contributed by atoms with Crippen molar-refractivity contribution in [3.05, 3.63) is 41.2 Å². The second-order valence-electron chi connectivity index (χ2n) is 5.78. The summed E-state index contributed by atoms with van der Waals surface area (Å²) >= 11 is 0. The quantitative estimate of drug-likeness (QED) is 0.836. The number of rotatable bonds is 1. The van der Waals surface area contributed by atoms with Gasteiger partial charge in [0.25, 0.3) is 0 Å². The summed E-state index contributed by atoms with van der Waals surface area (Å²) < 4.78 is 5.15. The Balaban J connectivity index is 2.56. The minimum absolute atomic E-state index is 0.108. The summed E-state index contributed by atoms with van der Waals surface area (Å²) in [4.78, 5) is 0. The van der Waals surface area contributed by atoms with Crippen LogP contribution in [0.1, 0.15) is 37.5 Å². The van der Waals surface area contributed by atoms with Gasteiger partial charge in [-0.3, -0.25) is 0 Å².